The molecule has 1 aliphatic heterocycles. The van der Waals surface area contributed by atoms with Crippen LogP contribution in [0, 0.1) is 0 Å². The van der Waals surface area contributed by atoms with Gasteiger partial charge >= 0.3 is 10.2 Å². The number of carbonyl (C=O) groups is 1. The Hall–Kier alpha value is -1.95. The number of benzene rings is 2. The van der Waals surface area contributed by atoms with Crippen molar-refractivity contribution in [3.63, 3.8) is 0 Å². The molecule has 0 saturated carbocycles. The number of nitrogens with zero attached hydrogens (tertiary/aromatic N) is 1. The molecule has 2 aromatic carbocycles. The molecular weight excluding hydrogens is 257 g/mol. The van der Waals surface area contributed by atoms with Gasteiger partial charge in [0, 0.05) is 23.4 Å². The SMILES string of the molecule is CN1C(=O)c2cccc3c(S(=O)(=O)F)ccc1c23. The average Bonchev–Trinajstić information content (AvgIpc) is 2.56. The molecule has 0 bridgehead atoms. The molecule has 3 rings (SSSR count). The zero-order valence-electron chi connectivity index (χ0n) is 9.34. The van der Waals surface area contributed by atoms with Gasteiger partial charge in [0.1, 0.15) is 4.90 Å². The lowest BCUT2D eigenvalue weighted by Crippen LogP contribution is -2.20. The highest BCUT2D eigenvalue weighted by Gasteiger charge is 2.29. The Morgan fingerprint density at radius 1 is 1.17 bits per heavy atom. The minimum absolute atomic E-state index is 0.219. The number of hydrogen-bond donors (Lipinski definition) is 0. The zero-order chi connectivity index (χ0) is 13.1. The summed E-state index contributed by atoms with van der Waals surface area (Å²) >= 11 is 0. The van der Waals surface area contributed by atoms with E-state index in [1.165, 1.54) is 23.1 Å². The van der Waals surface area contributed by atoms with E-state index in [1.54, 1.807) is 19.2 Å². The fourth-order valence-electron chi connectivity index (χ4n) is 2.32. The minimum atomic E-state index is -4.80. The maximum Gasteiger partial charge on any atom is 0.332 e. The third-order valence-corrected chi connectivity index (χ3v) is 4.02. The second kappa shape index (κ2) is 3.29. The average molecular weight is 265 g/mol. The van der Waals surface area contributed by atoms with Crippen molar-refractivity contribution < 1.29 is 17.1 Å². The second-order valence-corrected chi connectivity index (χ2v) is 5.43. The highest BCUT2D eigenvalue weighted by atomic mass is 32.3. The van der Waals surface area contributed by atoms with Crippen molar-refractivity contribution in [1.29, 1.82) is 0 Å². The first-order valence-corrected chi connectivity index (χ1v) is 6.58. The first-order chi connectivity index (χ1) is 8.41. The molecule has 92 valence electrons. The molecule has 18 heavy (non-hydrogen) atoms. The van der Waals surface area contributed by atoms with Gasteiger partial charge in [0.05, 0.1) is 5.69 Å². The number of amides is 1. The van der Waals surface area contributed by atoms with Crippen LogP contribution >= 0.6 is 0 Å². The highest BCUT2D eigenvalue weighted by Crippen LogP contribution is 2.39. The largest absolute Gasteiger partial charge is 0.332 e. The van der Waals surface area contributed by atoms with Gasteiger partial charge < -0.3 is 4.90 Å². The molecule has 0 spiro atoms. The number of rotatable bonds is 1. The van der Waals surface area contributed by atoms with Crippen LogP contribution in [0.15, 0.2) is 35.2 Å². The molecule has 0 atom stereocenters. The lowest BCUT2D eigenvalue weighted by atomic mass is 10.1. The molecule has 4 nitrogen and oxygen atoms in total. The van der Waals surface area contributed by atoms with E-state index in [9.17, 15) is 17.1 Å². The Balaban J connectivity index is 2.54. The lowest BCUT2D eigenvalue weighted by Gasteiger charge is -2.10. The van der Waals surface area contributed by atoms with Crippen molar-refractivity contribution in [2.24, 2.45) is 0 Å². The van der Waals surface area contributed by atoms with Crippen LogP contribution in [0.2, 0.25) is 0 Å². The number of halogens is 1. The van der Waals surface area contributed by atoms with Gasteiger partial charge in [-0.25, -0.2) is 0 Å². The summed E-state index contributed by atoms with van der Waals surface area (Å²) in [6.07, 6.45) is 0. The van der Waals surface area contributed by atoms with Gasteiger partial charge in [0.25, 0.3) is 5.91 Å². The predicted molar refractivity (Wildman–Crippen MR) is 65.0 cm³/mol. The number of hydrogen-bond acceptors (Lipinski definition) is 3. The van der Waals surface area contributed by atoms with Gasteiger partial charge in [0.2, 0.25) is 0 Å². The Kier molecular flexibility index (Phi) is 2.04. The van der Waals surface area contributed by atoms with E-state index < -0.39 is 15.1 Å². The van der Waals surface area contributed by atoms with Crippen LogP contribution in [0.5, 0.6) is 0 Å². The maximum absolute atomic E-state index is 13.2. The second-order valence-electron chi connectivity index (χ2n) is 4.11. The zero-order valence-corrected chi connectivity index (χ0v) is 10.2. The smallest absolute Gasteiger partial charge is 0.311 e. The first-order valence-electron chi connectivity index (χ1n) is 5.20. The quantitative estimate of drug-likeness (QED) is 0.742. The Labute approximate surface area is 103 Å². The van der Waals surface area contributed by atoms with Crippen LogP contribution in [0.4, 0.5) is 9.57 Å². The predicted octanol–water partition coefficient (Wildman–Crippen LogP) is 2.09. The maximum atomic E-state index is 13.2. The third-order valence-electron chi connectivity index (χ3n) is 3.14. The molecule has 0 aliphatic carbocycles. The van der Waals surface area contributed by atoms with Crippen LogP contribution in [0.1, 0.15) is 10.4 Å². The van der Waals surface area contributed by atoms with Gasteiger partial charge in [-0.05, 0) is 18.2 Å². The van der Waals surface area contributed by atoms with Gasteiger partial charge in [-0.1, -0.05) is 12.1 Å². The molecule has 2 aromatic rings. The summed E-state index contributed by atoms with van der Waals surface area (Å²) in [6.45, 7) is 0. The third kappa shape index (κ3) is 1.29. The van der Waals surface area contributed by atoms with Crippen LogP contribution in [0.3, 0.4) is 0 Å². The Bertz CT molecular complexity index is 798. The molecule has 0 fully saturated rings. The van der Waals surface area contributed by atoms with Gasteiger partial charge in [-0.3, -0.25) is 4.79 Å². The van der Waals surface area contributed by atoms with Gasteiger partial charge in [-0.15, -0.1) is 3.89 Å². The van der Waals surface area contributed by atoms with Crippen molar-refractivity contribution in [1.82, 2.24) is 0 Å². The summed E-state index contributed by atoms with van der Waals surface area (Å²) in [5.41, 5.74) is 0.994. The van der Waals surface area contributed by atoms with Crippen molar-refractivity contribution >= 4 is 32.6 Å². The highest BCUT2D eigenvalue weighted by molar-refractivity contribution is 7.86. The van der Waals surface area contributed by atoms with Crippen LogP contribution in [0.25, 0.3) is 10.8 Å². The van der Waals surface area contributed by atoms with E-state index >= 15 is 0 Å². The van der Waals surface area contributed by atoms with Crippen molar-refractivity contribution in [3.8, 4) is 0 Å². The monoisotopic (exact) mass is 265 g/mol. The number of anilines is 1. The Morgan fingerprint density at radius 3 is 2.56 bits per heavy atom. The lowest BCUT2D eigenvalue weighted by molar-refractivity contribution is 0.0999. The molecule has 1 heterocycles. The van der Waals surface area contributed by atoms with Crippen molar-refractivity contribution in [3.05, 3.63) is 35.9 Å². The van der Waals surface area contributed by atoms with E-state index in [0.717, 1.165) is 0 Å². The molecule has 0 radical (unpaired) electrons. The Morgan fingerprint density at radius 2 is 1.89 bits per heavy atom. The standard InChI is InChI=1S/C12H8FNO3S/c1-14-9-5-6-10(18(13,16)17)7-3-2-4-8(11(7)9)12(14)15/h2-6H,1H3. The molecule has 6 heteroatoms. The first kappa shape index (κ1) is 11.2. The summed E-state index contributed by atoms with van der Waals surface area (Å²) in [4.78, 5) is 12.9. The van der Waals surface area contributed by atoms with Crippen molar-refractivity contribution in [2.45, 2.75) is 4.90 Å². The van der Waals surface area contributed by atoms with Gasteiger partial charge in [-0.2, -0.15) is 8.42 Å². The van der Waals surface area contributed by atoms with E-state index in [-0.39, 0.29) is 11.3 Å². The minimum Gasteiger partial charge on any atom is -0.311 e. The van der Waals surface area contributed by atoms with E-state index in [0.29, 0.717) is 16.6 Å². The van der Waals surface area contributed by atoms with Crippen LogP contribution in [-0.4, -0.2) is 21.4 Å². The fourth-order valence-corrected chi connectivity index (χ4v) is 2.99. The fraction of sp³-hybridized carbons (Fsp3) is 0.0833. The van der Waals surface area contributed by atoms with Crippen LogP contribution < -0.4 is 4.90 Å². The molecule has 0 unspecified atom stereocenters. The van der Waals surface area contributed by atoms with Gasteiger partial charge in [0.15, 0.2) is 0 Å². The van der Waals surface area contributed by atoms with E-state index in [1.807, 2.05) is 0 Å². The van der Waals surface area contributed by atoms with E-state index in [2.05, 4.69) is 0 Å². The summed E-state index contributed by atoms with van der Waals surface area (Å²) in [5, 5.41) is 0.730. The summed E-state index contributed by atoms with van der Waals surface area (Å²) in [6, 6.07) is 7.29. The van der Waals surface area contributed by atoms with Crippen molar-refractivity contribution in [2.75, 3.05) is 11.9 Å². The molecule has 0 aromatic heterocycles. The number of carbonyl (C=O) groups excluding carboxylic acids is 1. The molecule has 0 N–H and O–H groups in total. The van der Waals surface area contributed by atoms with E-state index in [4.69, 9.17) is 0 Å². The normalized spacial score (nSPS) is 14.6. The summed E-state index contributed by atoms with van der Waals surface area (Å²) < 4.78 is 35.4. The summed E-state index contributed by atoms with van der Waals surface area (Å²) in [7, 11) is -3.20. The molecule has 1 amide bonds. The topological polar surface area (TPSA) is 54.5 Å². The molecule has 1 aliphatic rings. The van der Waals surface area contributed by atoms with Crippen LogP contribution in [-0.2, 0) is 10.2 Å². The molecular formula is C12H8FNO3S. The summed E-state index contributed by atoms with van der Waals surface area (Å²) in [5.74, 6) is -0.219. The molecule has 0 saturated heterocycles.